The van der Waals surface area contributed by atoms with Crippen molar-refractivity contribution in [3.8, 4) is 5.75 Å². The number of hydrogen-bond acceptors (Lipinski definition) is 4. The Morgan fingerprint density at radius 1 is 1.40 bits per heavy atom. The topological polar surface area (TPSA) is 60.5 Å². The first-order valence-corrected chi connectivity index (χ1v) is 7.89. The molecule has 0 amide bonds. The molecule has 2 heterocycles. The fourth-order valence-electron chi connectivity index (χ4n) is 3.34. The van der Waals surface area contributed by atoms with E-state index in [-0.39, 0.29) is 12.2 Å². The van der Waals surface area contributed by atoms with Crippen LogP contribution in [0.4, 0.5) is 13.2 Å². The molecule has 1 atom stereocenters. The lowest BCUT2D eigenvalue weighted by molar-refractivity contribution is -0.274. The first kappa shape index (κ1) is 17.6. The second kappa shape index (κ2) is 6.25. The van der Waals surface area contributed by atoms with E-state index in [9.17, 15) is 18.0 Å². The average molecular weight is 357 g/mol. The van der Waals surface area contributed by atoms with Crippen molar-refractivity contribution in [1.82, 2.24) is 4.98 Å². The summed E-state index contributed by atoms with van der Waals surface area (Å²) in [6.07, 6.45) is -3.65. The highest BCUT2D eigenvalue weighted by molar-refractivity contribution is 5.87. The summed E-state index contributed by atoms with van der Waals surface area (Å²) in [6.45, 7) is 2.26. The van der Waals surface area contributed by atoms with Crippen LogP contribution in [0.2, 0.25) is 0 Å². The molecule has 25 heavy (non-hydrogen) atoms. The third-order valence-electron chi connectivity index (χ3n) is 4.53. The monoisotopic (exact) mass is 357 g/mol. The van der Waals surface area contributed by atoms with Crippen molar-refractivity contribution in [2.75, 3.05) is 13.7 Å². The number of rotatable bonds is 4. The summed E-state index contributed by atoms with van der Waals surface area (Å²) in [5.74, 6) is -0.683. The molecule has 3 rings (SSSR count). The summed E-state index contributed by atoms with van der Waals surface area (Å²) in [5, 5.41) is 0.641. The van der Waals surface area contributed by atoms with Gasteiger partial charge in [0.2, 0.25) is 0 Å². The second-order valence-electron chi connectivity index (χ2n) is 5.93. The van der Waals surface area contributed by atoms with Gasteiger partial charge in [-0.25, -0.2) is 0 Å². The minimum Gasteiger partial charge on any atom is -0.469 e. The predicted octanol–water partition coefficient (Wildman–Crippen LogP) is 3.81. The van der Waals surface area contributed by atoms with Gasteiger partial charge in [0.1, 0.15) is 11.4 Å². The number of halogens is 3. The lowest BCUT2D eigenvalue weighted by Crippen LogP contribution is -2.37. The van der Waals surface area contributed by atoms with Gasteiger partial charge in [0.15, 0.2) is 0 Å². The zero-order chi connectivity index (χ0) is 18.2. The molecule has 0 fully saturated rings. The quantitative estimate of drug-likeness (QED) is 0.846. The zero-order valence-corrected chi connectivity index (χ0v) is 13.8. The van der Waals surface area contributed by atoms with Crippen LogP contribution in [0, 0.1) is 0 Å². The van der Waals surface area contributed by atoms with Crippen molar-refractivity contribution in [3.05, 3.63) is 29.5 Å². The molecule has 0 aliphatic carbocycles. The van der Waals surface area contributed by atoms with Gasteiger partial charge in [0, 0.05) is 10.9 Å². The largest absolute Gasteiger partial charge is 0.573 e. The van der Waals surface area contributed by atoms with Crippen LogP contribution in [-0.4, -0.2) is 31.0 Å². The zero-order valence-electron chi connectivity index (χ0n) is 13.8. The lowest BCUT2D eigenvalue weighted by Gasteiger charge is -2.35. The van der Waals surface area contributed by atoms with Crippen molar-refractivity contribution < 1.29 is 32.2 Å². The Morgan fingerprint density at radius 2 is 2.16 bits per heavy atom. The Kier molecular flexibility index (Phi) is 4.40. The number of alkyl halides is 3. The number of hydrogen-bond donors (Lipinski definition) is 1. The number of esters is 1. The van der Waals surface area contributed by atoms with E-state index >= 15 is 0 Å². The van der Waals surface area contributed by atoms with Crippen LogP contribution in [0.3, 0.4) is 0 Å². The molecule has 2 aromatic rings. The van der Waals surface area contributed by atoms with Gasteiger partial charge in [-0.15, -0.1) is 13.2 Å². The molecule has 0 bridgehead atoms. The Balaban J connectivity index is 2.08. The highest BCUT2D eigenvalue weighted by Gasteiger charge is 2.41. The van der Waals surface area contributed by atoms with E-state index in [1.807, 2.05) is 6.92 Å². The smallest absolute Gasteiger partial charge is 0.469 e. The number of carbonyl (C=O) groups is 1. The van der Waals surface area contributed by atoms with Crippen LogP contribution in [-0.2, 0) is 26.3 Å². The summed E-state index contributed by atoms with van der Waals surface area (Å²) >= 11 is 0. The van der Waals surface area contributed by atoms with Gasteiger partial charge in [-0.05, 0) is 36.6 Å². The number of ether oxygens (including phenoxy) is 3. The molecule has 0 saturated heterocycles. The normalized spacial score (nSPS) is 20.4. The van der Waals surface area contributed by atoms with Gasteiger partial charge >= 0.3 is 12.3 Å². The maximum absolute atomic E-state index is 12.5. The third kappa shape index (κ3) is 3.30. The predicted molar refractivity (Wildman–Crippen MR) is 83.2 cm³/mol. The van der Waals surface area contributed by atoms with Gasteiger partial charge in [0.05, 0.1) is 25.8 Å². The van der Waals surface area contributed by atoms with Crippen LogP contribution < -0.4 is 4.74 Å². The van der Waals surface area contributed by atoms with E-state index in [1.165, 1.54) is 25.3 Å². The standard InChI is InChI=1S/C17H18F3NO4/c1-3-16(9-14(22)23-2)15-11(6-7-24-16)12-8-10(25-17(18,19)20)4-5-13(12)21-15/h4-5,8,21H,3,6-7,9H2,1-2H3. The molecule has 5 nitrogen and oxygen atoms in total. The molecule has 1 aliphatic rings. The van der Waals surface area contributed by atoms with E-state index in [0.29, 0.717) is 36.0 Å². The fraction of sp³-hybridized carbons (Fsp3) is 0.471. The van der Waals surface area contributed by atoms with Crippen LogP contribution >= 0.6 is 0 Å². The minimum atomic E-state index is -4.74. The molecule has 0 radical (unpaired) electrons. The van der Waals surface area contributed by atoms with Crippen LogP contribution in [0.1, 0.15) is 31.0 Å². The fourth-order valence-corrected chi connectivity index (χ4v) is 3.34. The van der Waals surface area contributed by atoms with Crippen molar-refractivity contribution in [2.24, 2.45) is 0 Å². The molecule has 0 spiro atoms. The maximum Gasteiger partial charge on any atom is 0.573 e. The van der Waals surface area contributed by atoms with Gasteiger partial charge in [0.25, 0.3) is 0 Å². The average Bonchev–Trinajstić information content (AvgIpc) is 2.92. The number of methoxy groups -OCH3 is 1. The van der Waals surface area contributed by atoms with Crippen molar-refractivity contribution >= 4 is 16.9 Å². The molecule has 8 heteroatoms. The van der Waals surface area contributed by atoms with E-state index in [1.54, 1.807) is 0 Å². The van der Waals surface area contributed by atoms with Gasteiger partial charge < -0.3 is 19.2 Å². The van der Waals surface area contributed by atoms with Crippen LogP contribution in [0.15, 0.2) is 18.2 Å². The molecule has 136 valence electrons. The van der Waals surface area contributed by atoms with Gasteiger partial charge in [-0.1, -0.05) is 6.92 Å². The second-order valence-corrected chi connectivity index (χ2v) is 5.93. The number of H-pyrrole nitrogens is 1. The minimum absolute atomic E-state index is 0.0335. The highest BCUT2D eigenvalue weighted by atomic mass is 19.4. The molecule has 1 unspecified atom stereocenters. The third-order valence-corrected chi connectivity index (χ3v) is 4.53. The maximum atomic E-state index is 12.5. The van der Waals surface area contributed by atoms with Gasteiger partial charge in [-0.2, -0.15) is 0 Å². The Labute approximate surface area is 142 Å². The summed E-state index contributed by atoms with van der Waals surface area (Å²) < 4.78 is 52.1. The summed E-state index contributed by atoms with van der Waals surface area (Å²) in [6, 6.07) is 4.15. The molecular weight excluding hydrogens is 339 g/mol. The summed E-state index contributed by atoms with van der Waals surface area (Å²) in [4.78, 5) is 15.0. The van der Waals surface area contributed by atoms with E-state index < -0.39 is 17.9 Å². The van der Waals surface area contributed by atoms with E-state index in [4.69, 9.17) is 9.47 Å². The number of nitrogens with one attached hydrogen (secondary N) is 1. The lowest BCUT2D eigenvalue weighted by atomic mass is 9.86. The van der Waals surface area contributed by atoms with Gasteiger partial charge in [-0.3, -0.25) is 4.79 Å². The number of aromatic amines is 1. The van der Waals surface area contributed by atoms with E-state index in [0.717, 1.165) is 5.56 Å². The highest BCUT2D eigenvalue weighted by Crippen LogP contribution is 2.42. The molecule has 1 N–H and O–H groups in total. The first-order valence-electron chi connectivity index (χ1n) is 7.89. The van der Waals surface area contributed by atoms with Crippen LogP contribution in [0.5, 0.6) is 5.75 Å². The van der Waals surface area contributed by atoms with Crippen molar-refractivity contribution in [1.29, 1.82) is 0 Å². The van der Waals surface area contributed by atoms with Crippen molar-refractivity contribution in [2.45, 2.75) is 38.1 Å². The molecule has 1 aromatic carbocycles. The number of aromatic nitrogens is 1. The molecule has 1 aliphatic heterocycles. The SMILES string of the molecule is CCC1(CC(=O)OC)OCCc2c1[nH]c1ccc(OC(F)(F)F)cc21. The van der Waals surface area contributed by atoms with Crippen LogP contribution in [0.25, 0.3) is 10.9 Å². The Morgan fingerprint density at radius 3 is 2.80 bits per heavy atom. The van der Waals surface area contributed by atoms with Crippen molar-refractivity contribution in [3.63, 3.8) is 0 Å². The molecule has 1 aromatic heterocycles. The summed E-state index contributed by atoms with van der Waals surface area (Å²) in [5.41, 5.74) is 1.36. The number of benzene rings is 1. The number of carbonyl (C=O) groups excluding carboxylic acids is 1. The number of fused-ring (bicyclic) bond motifs is 3. The first-order chi connectivity index (χ1) is 11.8. The van der Waals surface area contributed by atoms with E-state index in [2.05, 4.69) is 9.72 Å². The Bertz CT molecular complexity index is 799. The Hall–Kier alpha value is -2.22. The molecular formula is C17H18F3NO4. The summed E-state index contributed by atoms with van der Waals surface area (Å²) in [7, 11) is 1.31. The molecule has 0 saturated carbocycles.